The molecule has 39 heavy (non-hydrogen) atoms. The summed E-state index contributed by atoms with van der Waals surface area (Å²) in [7, 11) is -2.77. The highest BCUT2D eigenvalue weighted by Crippen LogP contribution is 2.55. The second kappa shape index (κ2) is 13.8. The first kappa shape index (κ1) is 32.0. The molecule has 0 aromatic heterocycles. The molecule has 0 aliphatic rings. The molecule has 0 aliphatic heterocycles. The lowest BCUT2D eigenvalue weighted by atomic mass is 10.1. The molecule has 0 aliphatic carbocycles. The minimum absolute atomic E-state index is 0.0331. The molecule has 2 aromatic carbocycles. The van der Waals surface area contributed by atoms with Gasteiger partial charge in [-0.05, 0) is 77.3 Å². The van der Waals surface area contributed by atoms with E-state index in [-0.39, 0.29) is 12.3 Å². The van der Waals surface area contributed by atoms with Gasteiger partial charge in [0.1, 0.15) is 18.1 Å². The van der Waals surface area contributed by atoms with Crippen molar-refractivity contribution in [3.05, 3.63) is 70.9 Å². The van der Waals surface area contributed by atoms with Crippen LogP contribution in [0.1, 0.15) is 58.2 Å². The van der Waals surface area contributed by atoms with Crippen molar-refractivity contribution >= 4 is 26.0 Å². The van der Waals surface area contributed by atoms with Gasteiger partial charge in [-0.25, -0.2) is 18.7 Å². The molecule has 1 amide bonds. The molecule has 10 nitrogen and oxygen atoms in total. The smallest absolute Gasteiger partial charge is 0.467 e. The van der Waals surface area contributed by atoms with Gasteiger partial charge >= 0.3 is 19.9 Å². The fourth-order valence-corrected chi connectivity index (χ4v) is 4.72. The number of benzene rings is 2. The molecule has 0 unspecified atom stereocenters. The van der Waals surface area contributed by atoms with Crippen LogP contribution >= 0.6 is 7.82 Å². The third-order valence-electron chi connectivity index (χ3n) is 4.57. The van der Waals surface area contributed by atoms with Crippen LogP contribution in [0.3, 0.4) is 0 Å². The first-order chi connectivity index (χ1) is 18.1. The molecule has 2 rings (SSSR count). The number of ether oxygens (including phenoxy) is 3. The van der Waals surface area contributed by atoms with Crippen molar-refractivity contribution < 1.29 is 41.9 Å². The van der Waals surface area contributed by atoms with E-state index in [2.05, 4.69) is 5.32 Å². The molecule has 2 aromatic rings. The maximum absolute atomic E-state index is 13.2. The fourth-order valence-electron chi connectivity index (χ4n) is 3.05. The van der Waals surface area contributed by atoms with Gasteiger partial charge in [0.25, 0.3) is 0 Å². The Labute approximate surface area is 230 Å². The Balaban J connectivity index is 2.15. The second-order valence-electron chi connectivity index (χ2n) is 10.5. The number of rotatable bonds is 11. The lowest BCUT2D eigenvalue weighted by Crippen LogP contribution is -2.28. The summed E-state index contributed by atoms with van der Waals surface area (Å²) in [4.78, 5) is 24.6. The minimum atomic E-state index is -3.97. The average molecular weight is 564 g/mol. The van der Waals surface area contributed by atoms with Gasteiger partial charge in [0.05, 0.1) is 18.3 Å². The van der Waals surface area contributed by atoms with Crippen LogP contribution in [0.2, 0.25) is 0 Å². The van der Waals surface area contributed by atoms with Crippen molar-refractivity contribution in [3.63, 3.8) is 0 Å². The van der Waals surface area contributed by atoms with Crippen molar-refractivity contribution in [1.29, 1.82) is 0 Å². The molecule has 0 saturated carbocycles. The van der Waals surface area contributed by atoms with Crippen molar-refractivity contribution in [2.45, 2.75) is 66.3 Å². The van der Waals surface area contributed by atoms with Gasteiger partial charge in [-0.1, -0.05) is 42.5 Å². The van der Waals surface area contributed by atoms with E-state index in [1.54, 1.807) is 66.7 Å². The van der Waals surface area contributed by atoms with E-state index in [1.807, 2.05) is 30.3 Å². The first-order valence-corrected chi connectivity index (χ1v) is 13.7. The Hall–Kier alpha value is -3.17. The summed E-state index contributed by atoms with van der Waals surface area (Å²) in [6.07, 6.45) is 0.597. The summed E-state index contributed by atoms with van der Waals surface area (Å²) in [5.41, 5.74) is 0.336. The lowest BCUT2D eigenvalue weighted by molar-refractivity contribution is -0.136. The van der Waals surface area contributed by atoms with Crippen molar-refractivity contribution in [2.24, 2.45) is 0 Å². The Morgan fingerprint density at radius 1 is 0.949 bits per heavy atom. The third-order valence-corrected chi connectivity index (χ3v) is 6.54. The Kier molecular flexibility index (Phi) is 11.3. The van der Waals surface area contributed by atoms with E-state index in [0.29, 0.717) is 11.3 Å². The number of carbonyl (C=O) groups excluding carboxylic acids is 2. The van der Waals surface area contributed by atoms with Crippen LogP contribution in [-0.2, 0) is 39.0 Å². The van der Waals surface area contributed by atoms with Crippen molar-refractivity contribution in [1.82, 2.24) is 5.32 Å². The maximum atomic E-state index is 13.2. The van der Waals surface area contributed by atoms with Crippen molar-refractivity contribution in [2.75, 3.05) is 13.9 Å². The topological polar surface area (TPSA) is 119 Å². The molecule has 0 bridgehead atoms. The van der Waals surface area contributed by atoms with Crippen LogP contribution < -0.4 is 10.1 Å². The number of hydrogen-bond acceptors (Lipinski definition) is 9. The standard InChI is InChI=1S/C28H38NO9P/c1-20-14-15-22(16-23(25(30)33-8)29-26(31)34-18-21-12-10-9-11-13-21)17-24(20)35-19-36-39(32,37-27(2,3)4)38-28(5,6)7/h9-17H,18-19H2,1-8H3,(H,29,31). The van der Waals surface area contributed by atoms with Crippen LogP contribution in [0, 0.1) is 6.92 Å². The lowest BCUT2D eigenvalue weighted by Gasteiger charge is -2.30. The maximum Gasteiger partial charge on any atom is 0.478 e. The number of nitrogens with one attached hydrogen (secondary N) is 1. The Bertz CT molecular complexity index is 1180. The van der Waals surface area contributed by atoms with E-state index in [4.69, 9.17) is 27.8 Å². The van der Waals surface area contributed by atoms with E-state index < -0.39 is 37.9 Å². The minimum Gasteiger partial charge on any atom is -0.467 e. The normalized spacial score (nSPS) is 12.6. The molecule has 1 N–H and O–H groups in total. The van der Waals surface area contributed by atoms with Gasteiger partial charge in [-0.15, -0.1) is 0 Å². The molecule has 0 radical (unpaired) electrons. The predicted octanol–water partition coefficient (Wildman–Crippen LogP) is 6.53. The molecule has 214 valence electrons. The Morgan fingerprint density at radius 3 is 2.13 bits per heavy atom. The fraction of sp³-hybridized carbons (Fsp3) is 0.429. The summed E-state index contributed by atoms with van der Waals surface area (Å²) >= 11 is 0. The summed E-state index contributed by atoms with van der Waals surface area (Å²) < 4.78 is 45.6. The first-order valence-electron chi connectivity index (χ1n) is 12.3. The molecule has 11 heteroatoms. The van der Waals surface area contributed by atoms with Crippen molar-refractivity contribution in [3.8, 4) is 5.75 Å². The number of hydrogen-bond donors (Lipinski definition) is 1. The highest BCUT2D eigenvalue weighted by atomic mass is 31.2. The zero-order valence-electron chi connectivity index (χ0n) is 23.7. The number of methoxy groups -OCH3 is 1. The number of amides is 1. The molecule has 0 saturated heterocycles. The largest absolute Gasteiger partial charge is 0.478 e. The molecule has 0 heterocycles. The van der Waals surface area contributed by atoms with E-state index >= 15 is 0 Å². The number of phosphoric ester groups is 1. The second-order valence-corrected chi connectivity index (χ2v) is 12.0. The number of aryl methyl sites for hydroxylation is 1. The molecular formula is C28H38NO9P. The zero-order valence-corrected chi connectivity index (χ0v) is 24.6. The van der Waals surface area contributed by atoms with E-state index in [0.717, 1.165) is 11.1 Å². The zero-order chi connectivity index (χ0) is 29.3. The predicted molar refractivity (Wildman–Crippen MR) is 147 cm³/mol. The number of alkyl carbamates (subject to hydrolysis) is 1. The SMILES string of the molecule is COC(=O)C(=Cc1ccc(C)c(OCOP(=O)(OC(C)(C)C)OC(C)(C)C)c1)NC(=O)OCc1ccccc1. The summed E-state index contributed by atoms with van der Waals surface area (Å²) in [5.74, 6) is -0.379. The molecule has 0 fully saturated rings. The molecule has 0 atom stereocenters. The van der Waals surface area contributed by atoms with E-state index in [9.17, 15) is 14.2 Å². The van der Waals surface area contributed by atoms with Crippen LogP contribution in [0.15, 0.2) is 54.2 Å². The van der Waals surface area contributed by atoms with Gasteiger partial charge in [0.15, 0.2) is 6.79 Å². The molecular weight excluding hydrogens is 525 g/mol. The Morgan fingerprint density at radius 2 is 1.56 bits per heavy atom. The highest BCUT2D eigenvalue weighted by molar-refractivity contribution is 7.48. The number of carbonyl (C=O) groups is 2. The highest BCUT2D eigenvalue weighted by Gasteiger charge is 2.37. The average Bonchev–Trinajstić information content (AvgIpc) is 2.82. The van der Waals surface area contributed by atoms with Gasteiger partial charge in [-0.3, -0.25) is 14.4 Å². The monoisotopic (exact) mass is 563 g/mol. The third kappa shape index (κ3) is 12.0. The van der Waals surface area contributed by atoms with Crippen LogP contribution in [0.5, 0.6) is 5.75 Å². The molecule has 0 spiro atoms. The summed E-state index contributed by atoms with van der Waals surface area (Å²) in [6, 6.07) is 14.2. The summed E-state index contributed by atoms with van der Waals surface area (Å²) in [6.45, 7) is 11.8. The quantitative estimate of drug-likeness (QED) is 0.141. The van der Waals surface area contributed by atoms with Gasteiger partial charge in [0.2, 0.25) is 0 Å². The number of phosphoric acid groups is 1. The van der Waals surface area contributed by atoms with Gasteiger partial charge < -0.3 is 14.2 Å². The van der Waals surface area contributed by atoms with E-state index in [1.165, 1.54) is 13.2 Å². The summed E-state index contributed by atoms with van der Waals surface area (Å²) in [5, 5.41) is 2.42. The van der Waals surface area contributed by atoms with Gasteiger partial charge in [-0.2, -0.15) is 0 Å². The van der Waals surface area contributed by atoms with Gasteiger partial charge in [0, 0.05) is 0 Å². The van der Waals surface area contributed by atoms with Crippen LogP contribution in [0.25, 0.3) is 6.08 Å². The van der Waals surface area contributed by atoms with Crippen LogP contribution in [-0.4, -0.2) is 37.2 Å². The van der Waals surface area contributed by atoms with Crippen LogP contribution in [0.4, 0.5) is 4.79 Å². The number of esters is 1.